The average Bonchev–Trinajstić information content (AvgIpc) is 2.58. The topological polar surface area (TPSA) is 70.0 Å². The van der Waals surface area contributed by atoms with Gasteiger partial charge in [0, 0.05) is 6.54 Å². The highest BCUT2D eigenvalue weighted by Gasteiger charge is 2.43. The maximum absolute atomic E-state index is 11.0. The fraction of sp³-hybridized carbons (Fsp3) is 0.917. The third kappa shape index (κ3) is 3.24. The highest BCUT2D eigenvalue weighted by molar-refractivity contribution is 6.74. The summed E-state index contributed by atoms with van der Waals surface area (Å²) < 4.78 is 6.20. The minimum absolute atomic E-state index is 0.0841. The molecule has 106 valence electrons. The lowest BCUT2D eigenvalue weighted by Crippen LogP contribution is -2.44. The van der Waals surface area contributed by atoms with Gasteiger partial charge < -0.3 is 19.5 Å². The molecule has 0 spiro atoms. The standard InChI is InChI=1S/C12H25NO4Si/c1-12(2,3)18(4,5)17-10-6-9(8-14)13(7-10)11(15)16/h9-10,14H,6-8H2,1-5H3,(H,15,16). The van der Waals surface area contributed by atoms with E-state index in [-0.39, 0.29) is 23.8 Å². The van der Waals surface area contributed by atoms with E-state index in [1.807, 2.05) is 0 Å². The van der Waals surface area contributed by atoms with Crippen molar-refractivity contribution < 1.29 is 19.4 Å². The lowest BCUT2D eigenvalue weighted by molar-refractivity contribution is 0.116. The van der Waals surface area contributed by atoms with E-state index in [1.54, 1.807) is 0 Å². The lowest BCUT2D eigenvalue weighted by Gasteiger charge is -2.38. The summed E-state index contributed by atoms with van der Waals surface area (Å²) in [6, 6.07) is -0.322. The predicted molar refractivity (Wildman–Crippen MR) is 72.3 cm³/mol. The molecule has 1 heterocycles. The molecule has 5 nitrogen and oxygen atoms in total. The van der Waals surface area contributed by atoms with Crippen LogP contribution in [0.25, 0.3) is 0 Å². The molecule has 2 N–H and O–H groups in total. The zero-order valence-corrected chi connectivity index (χ0v) is 12.9. The molecule has 1 aliphatic rings. The van der Waals surface area contributed by atoms with Crippen LogP contribution >= 0.6 is 0 Å². The van der Waals surface area contributed by atoms with E-state index in [2.05, 4.69) is 33.9 Å². The second-order valence-corrected chi connectivity index (χ2v) is 11.3. The van der Waals surface area contributed by atoms with E-state index in [0.29, 0.717) is 13.0 Å². The maximum Gasteiger partial charge on any atom is 0.407 e. The van der Waals surface area contributed by atoms with Crippen molar-refractivity contribution in [2.45, 2.75) is 57.5 Å². The Morgan fingerprint density at radius 2 is 2.00 bits per heavy atom. The van der Waals surface area contributed by atoms with Gasteiger partial charge in [0.1, 0.15) is 0 Å². The second-order valence-electron chi connectivity index (χ2n) is 6.51. The minimum atomic E-state index is -1.88. The highest BCUT2D eigenvalue weighted by atomic mass is 28.4. The molecule has 0 aromatic carbocycles. The van der Waals surface area contributed by atoms with Crippen LogP contribution in [0.2, 0.25) is 18.1 Å². The zero-order chi connectivity index (χ0) is 14.1. The fourth-order valence-electron chi connectivity index (χ4n) is 1.96. The second kappa shape index (κ2) is 5.18. The van der Waals surface area contributed by atoms with Crippen LogP contribution in [-0.2, 0) is 4.43 Å². The number of carbonyl (C=O) groups is 1. The summed E-state index contributed by atoms with van der Waals surface area (Å²) in [7, 11) is -1.88. The molecule has 18 heavy (non-hydrogen) atoms. The number of nitrogens with zero attached hydrogens (tertiary/aromatic N) is 1. The Balaban J connectivity index is 2.69. The largest absolute Gasteiger partial charge is 0.465 e. The van der Waals surface area contributed by atoms with Crippen LogP contribution in [0.15, 0.2) is 0 Å². The molecule has 0 aromatic rings. The first-order valence-corrected chi connectivity index (χ1v) is 9.27. The summed E-state index contributed by atoms with van der Waals surface area (Å²) in [5, 5.41) is 18.4. The van der Waals surface area contributed by atoms with Crippen LogP contribution in [0.1, 0.15) is 27.2 Å². The molecule has 6 heteroatoms. The van der Waals surface area contributed by atoms with Crippen LogP contribution in [0.4, 0.5) is 4.79 Å². The van der Waals surface area contributed by atoms with Crippen molar-refractivity contribution in [1.29, 1.82) is 0 Å². The van der Waals surface area contributed by atoms with Crippen LogP contribution in [-0.4, -0.2) is 54.8 Å². The van der Waals surface area contributed by atoms with Gasteiger partial charge in [-0.3, -0.25) is 0 Å². The molecule has 1 amide bonds. The number of aliphatic hydroxyl groups is 1. The van der Waals surface area contributed by atoms with E-state index in [1.165, 1.54) is 4.90 Å². The van der Waals surface area contributed by atoms with Crippen molar-refractivity contribution in [3.63, 3.8) is 0 Å². The third-order valence-corrected chi connectivity index (χ3v) is 8.63. The van der Waals surface area contributed by atoms with Gasteiger partial charge in [0.15, 0.2) is 8.32 Å². The molecule has 0 bridgehead atoms. The average molecular weight is 275 g/mol. The summed E-state index contributed by atoms with van der Waals surface area (Å²) in [5.74, 6) is 0. The molecule has 2 atom stereocenters. The smallest absolute Gasteiger partial charge is 0.407 e. The van der Waals surface area contributed by atoms with Gasteiger partial charge in [-0.25, -0.2) is 4.79 Å². The van der Waals surface area contributed by atoms with Crippen molar-refractivity contribution in [2.75, 3.05) is 13.2 Å². The zero-order valence-electron chi connectivity index (χ0n) is 11.9. The SMILES string of the molecule is CC(C)(C)[Si](C)(C)OC1CC(CO)N(C(=O)O)C1. The van der Waals surface area contributed by atoms with E-state index < -0.39 is 14.4 Å². The molecule has 0 aromatic heterocycles. The number of hydrogen-bond acceptors (Lipinski definition) is 3. The molecule has 1 aliphatic heterocycles. The molecular weight excluding hydrogens is 250 g/mol. The Kier molecular flexibility index (Phi) is 4.45. The van der Waals surface area contributed by atoms with Gasteiger partial charge in [-0.1, -0.05) is 20.8 Å². The quantitative estimate of drug-likeness (QED) is 0.774. The number of carboxylic acid groups (broad SMARTS) is 1. The van der Waals surface area contributed by atoms with Crippen molar-refractivity contribution >= 4 is 14.4 Å². The lowest BCUT2D eigenvalue weighted by atomic mass is 10.2. The number of rotatable bonds is 3. The van der Waals surface area contributed by atoms with Crippen LogP contribution in [0.3, 0.4) is 0 Å². The van der Waals surface area contributed by atoms with E-state index in [9.17, 15) is 9.90 Å². The van der Waals surface area contributed by atoms with Gasteiger partial charge in [-0.2, -0.15) is 0 Å². The van der Waals surface area contributed by atoms with Crippen LogP contribution < -0.4 is 0 Å². The van der Waals surface area contributed by atoms with Crippen molar-refractivity contribution in [3.05, 3.63) is 0 Å². The van der Waals surface area contributed by atoms with Gasteiger partial charge >= 0.3 is 6.09 Å². The summed E-state index contributed by atoms with van der Waals surface area (Å²) in [4.78, 5) is 12.3. The Hall–Kier alpha value is -0.593. The van der Waals surface area contributed by atoms with Crippen LogP contribution in [0, 0.1) is 0 Å². The number of hydrogen-bond donors (Lipinski definition) is 2. The number of likely N-dealkylation sites (tertiary alicyclic amines) is 1. The molecule has 0 aliphatic carbocycles. The van der Waals surface area contributed by atoms with Gasteiger partial charge in [0.05, 0.1) is 18.8 Å². The van der Waals surface area contributed by atoms with Crippen molar-refractivity contribution in [2.24, 2.45) is 0 Å². The number of amides is 1. The van der Waals surface area contributed by atoms with E-state index in [4.69, 9.17) is 9.53 Å². The first kappa shape index (κ1) is 15.5. The summed E-state index contributed by atoms with van der Waals surface area (Å²) >= 11 is 0. The van der Waals surface area contributed by atoms with Crippen LogP contribution in [0.5, 0.6) is 0 Å². The first-order valence-electron chi connectivity index (χ1n) is 6.36. The monoisotopic (exact) mass is 275 g/mol. The summed E-state index contributed by atoms with van der Waals surface area (Å²) in [5.41, 5.74) is 0. The molecule has 1 rings (SSSR count). The van der Waals surface area contributed by atoms with Crippen molar-refractivity contribution in [3.8, 4) is 0 Å². The predicted octanol–water partition coefficient (Wildman–Crippen LogP) is 2.12. The molecular formula is C12H25NO4Si. The summed E-state index contributed by atoms with van der Waals surface area (Å²) in [6.07, 6.45) is -0.468. The van der Waals surface area contributed by atoms with E-state index in [0.717, 1.165) is 0 Å². The van der Waals surface area contributed by atoms with E-state index >= 15 is 0 Å². The van der Waals surface area contributed by atoms with Crippen molar-refractivity contribution in [1.82, 2.24) is 4.90 Å². The van der Waals surface area contributed by atoms with Gasteiger partial charge in [-0.05, 0) is 24.6 Å². The Morgan fingerprint density at radius 3 is 2.33 bits per heavy atom. The highest BCUT2D eigenvalue weighted by Crippen LogP contribution is 2.38. The maximum atomic E-state index is 11.0. The molecule has 1 fully saturated rings. The Morgan fingerprint density at radius 1 is 1.44 bits per heavy atom. The molecule has 0 radical (unpaired) electrons. The number of aliphatic hydroxyl groups excluding tert-OH is 1. The Bertz CT molecular complexity index is 314. The normalized spacial score (nSPS) is 25.6. The molecule has 2 unspecified atom stereocenters. The van der Waals surface area contributed by atoms with Gasteiger partial charge in [0.2, 0.25) is 0 Å². The molecule has 1 saturated heterocycles. The summed E-state index contributed by atoms with van der Waals surface area (Å²) in [6.45, 7) is 11.0. The van der Waals surface area contributed by atoms with Gasteiger partial charge in [-0.15, -0.1) is 0 Å². The molecule has 0 saturated carbocycles. The van der Waals surface area contributed by atoms with Gasteiger partial charge in [0.25, 0.3) is 0 Å². The first-order chi connectivity index (χ1) is 8.08. The minimum Gasteiger partial charge on any atom is -0.465 e. The third-order valence-electron chi connectivity index (χ3n) is 4.10. The Labute approximate surface area is 110 Å². The fourth-order valence-corrected chi connectivity index (χ4v) is 3.32.